The van der Waals surface area contributed by atoms with E-state index in [1.165, 1.54) is 0 Å². The first kappa shape index (κ1) is 12.4. The van der Waals surface area contributed by atoms with E-state index >= 15 is 0 Å². The quantitative estimate of drug-likeness (QED) is 0.631. The van der Waals surface area contributed by atoms with Gasteiger partial charge in [-0.15, -0.1) is 0 Å². The number of amides is 1. The molecule has 0 atom stereocenters. The van der Waals surface area contributed by atoms with Crippen LogP contribution in [0.15, 0.2) is 23.9 Å². The van der Waals surface area contributed by atoms with Gasteiger partial charge in [0.05, 0.1) is 14.2 Å². The maximum Gasteiger partial charge on any atom is 0.273 e. The lowest BCUT2D eigenvalue weighted by Crippen LogP contribution is -2.21. The Morgan fingerprint density at radius 3 is 2.44 bits per heavy atom. The largest absolute Gasteiger partial charge is 0.493 e. The molecule has 94 valence electrons. The lowest BCUT2D eigenvalue weighted by Gasteiger charge is -2.07. The number of methoxy groups -OCH3 is 2. The van der Waals surface area contributed by atoms with Crippen molar-refractivity contribution in [3.63, 3.8) is 0 Å². The molecule has 1 heterocycles. The van der Waals surface area contributed by atoms with Gasteiger partial charge in [-0.3, -0.25) is 10.1 Å². The van der Waals surface area contributed by atoms with Crippen LogP contribution in [0.2, 0.25) is 0 Å². The van der Waals surface area contributed by atoms with E-state index < -0.39 is 0 Å². The summed E-state index contributed by atoms with van der Waals surface area (Å²) in [5, 5.41) is 5.59. The molecule has 0 aliphatic carbocycles. The zero-order chi connectivity index (χ0) is 13.1. The highest BCUT2D eigenvalue weighted by Crippen LogP contribution is 2.28. The Kier molecular flexibility index (Phi) is 3.47. The van der Waals surface area contributed by atoms with Gasteiger partial charge in [0, 0.05) is 0 Å². The maximum absolute atomic E-state index is 11.5. The number of nitrogens with one attached hydrogen (secondary N) is 2. The van der Waals surface area contributed by atoms with Crippen LogP contribution in [0, 0.1) is 0 Å². The third-order valence-corrected chi connectivity index (χ3v) is 2.64. The topological polar surface area (TPSA) is 59.6 Å². The molecule has 1 fully saturated rings. The molecular weight excluding hydrogens is 252 g/mol. The summed E-state index contributed by atoms with van der Waals surface area (Å²) in [7, 11) is 3.13. The van der Waals surface area contributed by atoms with Gasteiger partial charge in [-0.05, 0) is 36.0 Å². The van der Waals surface area contributed by atoms with Crippen LogP contribution >= 0.6 is 12.2 Å². The molecule has 0 saturated carbocycles. The molecule has 1 amide bonds. The Bertz CT molecular complexity index is 540. The number of carbonyl (C=O) groups is 1. The zero-order valence-corrected chi connectivity index (χ0v) is 10.8. The number of thiocarbonyl (C=S) groups is 1. The molecule has 0 unspecified atom stereocenters. The zero-order valence-electron chi connectivity index (χ0n) is 9.94. The fourth-order valence-corrected chi connectivity index (χ4v) is 1.79. The normalized spacial score (nSPS) is 16.4. The van der Waals surface area contributed by atoms with Crippen LogP contribution in [0.1, 0.15) is 5.56 Å². The summed E-state index contributed by atoms with van der Waals surface area (Å²) in [6.07, 6.45) is 1.69. The first-order chi connectivity index (χ1) is 8.63. The maximum atomic E-state index is 11.5. The van der Waals surface area contributed by atoms with E-state index in [-0.39, 0.29) is 5.91 Å². The second kappa shape index (κ2) is 5.05. The molecule has 0 aromatic heterocycles. The highest BCUT2D eigenvalue weighted by atomic mass is 32.1. The van der Waals surface area contributed by atoms with Crippen LogP contribution in [0.4, 0.5) is 0 Å². The molecule has 2 N–H and O–H groups in total. The fraction of sp³-hybridized carbons (Fsp3) is 0.167. The molecule has 0 radical (unpaired) electrons. The van der Waals surface area contributed by atoms with Gasteiger partial charge >= 0.3 is 0 Å². The summed E-state index contributed by atoms with van der Waals surface area (Å²) < 4.78 is 10.3. The SMILES string of the molecule is COc1ccc(/C=C2\NC(=S)NC2=O)cc1OC. The molecule has 0 spiro atoms. The highest BCUT2D eigenvalue weighted by molar-refractivity contribution is 7.80. The third kappa shape index (κ3) is 2.43. The lowest BCUT2D eigenvalue weighted by molar-refractivity contribution is -0.115. The van der Waals surface area contributed by atoms with Crippen molar-refractivity contribution in [2.45, 2.75) is 0 Å². The van der Waals surface area contributed by atoms with Crippen LogP contribution in [0.25, 0.3) is 6.08 Å². The highest BCUT2D eigenvalue weighted by Gasteiger charge is 2.19. The first-order valence-electron chi connectivity index (χ1n) is 5.20. The van der Waals surface area contributed by atoms with Gasteiger partial charge < -0.3 is 14.8 Å². The second-order valence-electron chi connectivity index (χ2n) is 3.58. The summed E-state index contributed by atoms with van der Waals surface area (Å²) >= 11 is 4.85. The van der Waals surface area contributed by atoms with Gasteiger partial charge in [0.1, 0.15) is 5.70 Å². The second-order valence-corrected chi connectivity index (χ2v) is 3.99. The van der Waals surface area contributed by atoms with Gasteiger partial charge in [0.2, 0.25) is 0 Å². The Hall–Kier alpha value is -2.08. The Morgan fingerprint density at radius 1 is 1.17 bits per heavy atom. The van der Waals surface area contributed by atoms with E-state index in [4.69, 9.17) is 21.7 Å². The fourth-order valence-electron chi connectivity index (χ4n) is 1.59. The van der Waals surface area contributed by atoms with E-state index in [2.05, 4.69) is 10.6 Å². The third-order valence-electron chi connectivity index (χ3n) is 2.44. The van der Waals surface area contributed by atoms with E-state index in [9.17, 15) is 4.79 Å². The van der Waals surface area contributed by atoms with Gasteiger partial charge in [0.25, 0.3) is 5.91 Å². The van der Waals surface area contributed by atoms with E-state index in [1.807, 2.05) is 6.07 Å². The van der Waals surface area contributed by atoms with Crippen molar-refractivity contribution in [3.05, 3.63) is 29.5 Å². The molecular formula is C12H12N2O3S. The number of hydrogen-bond acceptors (Lipinski definition) is 4. The number of benzene rings is 1. The van der Waals surface area contributed by atoms with Gasteiger partial charge in [-0.25, -0.2) is 0 Å². The van der Waals surface area contributed by atoms with Crippen LogP contribution in [0.3, 0.4) is 0 Å². The average molecular weight is 264 g/mol. The molecule has 0 bridgehead atoms. The predicted octanol–water partition coefficient (Wildman–Crippen LogP) is 1.05. The minimum absolute atomic E-state index is 0.241. The summed E-state index contributed by atoms with van der Waals surface area (Å²) in [4.78, 5) is 11.5. The first-order valence-corrected chi connectivity index (χ1v) is 5.61. The van der Waals surface area contributed by atoms with Gasteiger partial charge in [-0.1, -0.05) is 6.07 Å². The minimum atomic E-state index is -0.241. The van der Waals surface area contributed by atoms with Gasteiger partial charge in [-0.2, -0.15) is 0 Å². The standard InChI is InChI=1S/C12H12N2O3S/c1-16-9-4-3-7(6-10(9)17-2)5-8-11(15)14-12(18)13-8/h3-6H,1-2H3,(H2,13,14,15,18)/b8-5-. The van der Waals surface area contributed by atoms with E-state index in [0.717, 1.165) is 5.56 Å². The Morgan fingerprint density at radius 2 is 1.89 bits per heavy atom. The summed E-state index contributed by atoms with van der Waals surface area (Å²) in [6.45, 7) is 0. The van der Waals surface area contributed by atoms with Crippen molar-refractivity contribution in [1.82, 2.24) is 10.6 Å². The van der Waals surface area contributed by atoms with Gasteiger partial charge in [0.15, 0.2) is 16.6 Å². The van der Waals surface area contributed by atoms with E-state index in [0.29, 0.717) is 22.3 Å². The number of rotatable bonds is 3. The molecule has 6 heteroatoms. The smallest absolute Gasteiger partial charge is 0.273 e. The molecule has 1 aliphatic heterocycles. The van der Waals surface area contributed by atoms with Crippen molar-refractivity contribution in [2.24, 2.45) is 0 Å². The van der Waals surface area contributed by atoms with Crippen LogP contribution < -0.4 is 20.1 Å². The van der Waals surface area contributed by atoms with E-state index in [1.54, 1.807) is 32.4 Å². The molecule has 18 heavy (non-hydrogen) atoms. The lowest BCUT2D eigenvalue weighted by atomic mass is 10.1. The van der Waals surface area contributed by atoms with Crippen molar-refractivity contribution in [1.29, 1.82) is 0 Å². The molecule has 1 aliphatic rings. The molecule has 5 nitrogen and oxygen atoms in total. The van der Waals surface area contributed by atoms with Crippen LogP contribution in [0.5, 0.6) is 11.5 Å². The van der Waals surface area contributed by atoms with Crippen molar-refractivity contribution >= 4 is 29.3 Å². The number of carbonyl (C=O) groups excluding carboxylic acids is 1. The van der Waals surface area contributed by atoms with Crippen molar-refractivity contribution in [3.8, 4) is 11.5 Å². The number of hydrogen-bond donors (Lipinski definition) is 2. The predicted molar refractivity (Wildman–Crippen MR) is 71.4 cm³/mol. The Balaban J connectivity index is 2.32. The van der Waals surface area contributed by atoms with Crippen LogP contribution in [-0.2, 0) is 4.79 Å². The van der Waals surface area contributed by atoms with Crippen molar-refractivity contribution in [2.75, 3.05) is 14.2 Å². The summed E-state index contributed by atoms with van der Waals surface area (Å²) in [6, 6.07) is 5.38. The minimum Gasteiger partial charge on any atom is -0.493 e. The summed E-state index contributed by atoms with van der Waals surface area (Å²) in [5.74, 6) is 1.00. The molecule has 2 rings (SSSR count). The Labute approximate surface area is 110 Å². The monoisotopic (exact) mass is 264 g/mol. The number of ether oxygens (including phenoxy) is 2. The molecule has 1 aromatic rings. The average Bonchev–Trinajstić information content (AvgIpc) is 2.67. The molecule has 1 saturated heterocycles. The molecule has 1 aromatic carbocycles. The van der Waals surface area contributed by atoms with Crippen LogP contribution in [-0.4, -0.2) is 25.2 Å². The summed E-state index contributed by atoms with van der Waals surface area (Å²) in [5.41, 5.74) is 1.22. The van der Waals surface area contributed by atoms with Crippen molar-refractivity contribution < 1.29 is 14.3 Å².